The van der Waals surface area contributed by atoms with E-state index in [-0.39, 0.29) is 10.8 Å². The number of halogens is 1. The number of carbonyl (C=O) groups excluding carboxylic acids is 1. The first kappa shape index (κ1) is 27.0. The number of likely N-dealkylation sites (N-methyl/N-ethyl adjacent to an activating group) is 1. The summed E-state index contributed by atoms with van der Waals surface area (Å²) in [5.74, 6) is 0.424. The number of amides is 1. The Balaban J connectivity index is 1.63. The first-order valence-electron chi connectivity index (χ1n) is 12.1. The number of hydrogen-bond donors (Lipinski definition) is 0. The molecule has 0 bridgehead atoms. The quantitative estimate of drug-likeness (QED) is 0.409. The minimum absolute atomic E-state index is 0.213. The summed E-state index contributed by atoms with van der Waals surface area (Å²) in [5.41, 5.74) is 2.20. The van der Waals surface area contributed by atoms with Crippen molar-refractivity contribution in [1.82, 2.24) is 14.2 Å². The Kier molecular flexibility index (Phi) is 8.07. The molecule has 1 aliphatic heterocycles. The molecule has 2 aromatic carbocycles. The first-order chi connectivity index (χ1) is 17.0. The van der Waals surface area contributed by atoms with Crippen molar-refractivity contribution in [2.24, 2.45) is 11.8 Å². The molecular weight excluding hydrogens is 516 g/mol. The molecule has 0 N–H and O–H groups in total. The highest BCUT2D eigenvalue weighted by Gasteiger charge is 2.32. The predicted molar refractivity (Wildman–Crippen MR) is 148 cm³/mol. The molecule has 1 aromatic heterocycles. The summed E-state index contributed by atoms with van der Waals surface area (Å²) in [4.78, 5) is 22.3. The topological polar surface area (TPSA) is 73.8 Å². The van der Waals surface area contributed by atoms with Gasteiger partial charge in [-0.05, 0) is 81.2 Å². The third kappa shape index (κ3) is 5.75. The van der Waals surface area contributed by atoms with Crippen LogP contribution < -0.4 is 4.90 Å². The van der Waals surface area contributed by atoms with Gasteiger partial charge in [0.05, 0.1) is 15.1 Å². The van der Waals surface area contributed by atoms with E-state index in [4.69, 9.17) is 16.6 Å². The maximum atomic E-state index is 13.6. The lowest BCUT2D eigenvalue weighted by molar-refractivity contribution is 0.0985. The Morgan fingerprint density at radius 3 is 2.36 bits per heavy atom. The Hall–Kier alpha value is -2.04. The molecular formula is C26H33ClN4O3S2. The van der Waals surface area contributed by atoms with Gasteiger partial charge < -0.3 is 4.90 Å². The lowest BCUT2D eigenvalue weighted by atomic mass is 9.94. The van der Waals surface area contributed by atoms with E-state index in [9.17, 15) is 13.2 Å². The van der Waals surface area contributed by atoms with Crippen LogP contribution >= 0.6 is 22.9 Å². The number of anilines is 1. The van der Waals surface area contributed by atoms with Crippen LogP contribution in [0, 0.1) is 18.8 Å². The second-order valence-corrected chi connectivity index (χ2v) is 13.5. The molecule has 0 aliphatic carbocycles. The van der Waals surface area contributed by atoms with E-state index in [1.165, 1.54) is 11.3 Å². The van der Waals surface area contributed by atoms with E-state index in [2.05, 4.69) is 13.8 Å². The average Bonchev–Trinajstić information content (AvgIpc) is 3.22. The molecule has 1 amide bonds. The van der Waals surface area contributed by atoms with Gasteiger partial charge in [0.25, 0.3) is 5.91 Å². The van der Waals surface area contributed by atoms with E-state index >= 15 is 0 Å². The number of piperidine rings is 1. The molecule has 36 heavy (non-hydrogen) atoms. The van der Waals surface area contributed by atoms with Crippen LogP contribution in [-0.2, 0) is 10.0 Å². The highest BCUT2D eigenvalue weighted by atomic mass is 35.5. The standard InChI is InChI=1S/C26H33ClN4O3S2/c1-17-12-18(2)16-30(15-17)36(33,34)22-8-6-20(7-9-22)25(32)31(11-10-29(4)5)26-28-24-19(3)13-21(27)14-23(24)35-26/h6-9,13-14,17-18H,10-12,15-16H2,1-5H3. The highest BCUT2D eigenvalue weighted by Crippen LogP contribution is 2.34. The Morgan fingerprint density at radius 1 is 1.11 bits per heavy atom. The Morgan fingerprint density at radius 2 is 1.75 bits per heavy atom. The maximum absolute atomic E-state index is 13.6. The van der Waals surface area contributed by atoms with Crippen LogP contribution in [0.25, 0.3) is 10.2 Å². The van der Waals surface area contributed by atoms with Gasteiger partial charge in [-0.25, -0.2) is 13.4 Å². The van der Waals surface area contributed by atoms with Crippen LogP contribution in [0.3, 0.4) is 0 Å². The fourth-order valence-electron chi connectivity index (χ4n) is 4.72. The number of fused-ring (bicyclic) bond motifs is 1. The summed E-state index contributed by atoms with van der Waals surface area (Å²) in [6, 6.07) is 10.0. The molecule has 0 spiro atoms. The Bertz CT molecular complexity index is 1350. The van der Waals surface area contributed by atoms with Crippen LogP contribution in [-0.4, -0.2) is 68.8 Å². The van der Waals surface area contributed by atoms with Crippen molar-refractivity contribution < 1.29 is 13.2 Å². The van der Waals surface area contributed by atoms with Gasteiger partial charge in [0.1, 0.15) is 0 Å². The minimum atomic E-state index is -3.61. The smallest absolute Gasteiger partial charge is 0.260 e. The van der Waals surface area contributed by atoms with Crippen molar-refractivity contribution in [2.45, 2.75) is 32.1 Å². The number of sulfonamides is 1. The zero-order valence-electron chi connectivity index (χ0n) is 21.4. The number of benzene rings is 2. The van der Waals surface area contributed by atoms with Crippen LogP contribution in [0.15, 0.2) is 41.3 Å². The molecule has 0 saturated carbocycles. The maximum Gasteiger partial charge on any atom is 0.260 e. The van der Waals surface area contributed by atoms with E-state index in [0.29, 0.717) is 53.7 Å². The second kappa shape index (κ2) is 10.8. The van der Waals surface area contributed by atoms with Crippen LogP contribution in [0.2, 0.25) is 5.02 Å². The van der Waals surface area contributed by atoms with Crippen molar-refractivity contribution in [1.29, 1.82) is 0 Å². The molecule has 1 aliphatic rings. The highest BCUT2D eigenvalue weighted by molar-refractivity contribution is 7.89. The third-order valence-electron chi connectivity index (χ3n) is 6.46. The largest absolute Gasteiger partial charge is 0.308 e. The summed E-state index contributed by atoms with van der Waals surface area (Å²) in [7, 11) is 0.291. The summed E-state index contributed by atoms with van der Waals surface area (Å²) in [6.07, 6.45) is 1.03. The molecule has 10 heteroatoms. The van der Waals surface area contributed by atoms with Gasteiger partial charge in [-0.3, -0.25) is 9.69 Å². The van der Waals surface area contributed by atoms with Gasteiger partial charge in [0.15, 0.2) is 5.13 Å². The molecule has 1 fully saturated rings. The van der Waals surface area contributed by atoms with Crippen molar-refractivity contribution in [3.63, 3.8) is 0 Å². The minimum Gasteiger partial charge on any atom is -0.308 e. The molecule has 2 heterocycles. The number of aryl methyl sites for hydroxylation is 1. The van der Waals surface area contributed by atoms with Gasteiger partial charge in [0.2, 0.25) is 10.0 Å². The SMILES string of the molecule is Cc1cc(Cl)cc2sc(N(CCN(C)C)C(=O)c3ccc(S(=O)(=O)N4CC(C)CC(C)C4)cc3)nc12. The van der Waals surface area contributed by atoms with Gasteiger partial charge in [-0.15, -0.1) is 0 Å². The second-order valence-electron chi connectivity index (χ2n) is 10.1. The molecule has 4 rings (SSSR count). The number of rotatable bonds is 7. The van der Waals surface area contributed by atoms with Crippen molar-refractivity contribution in [3.05, 3.63) is 52.5 Å². The van der Waals surface area contributed by atoms with Crippen LogP contribution in [0.1, 0.15) is 36.2 Å². The van der Waals surface area contributed by atoms with E-state index in [1.54, 1.807) is 33.5 Å². The number of aromatic nitrogens is 1. The molecule has 7 nitrogen and oxygen atoms in total. The number of nitrogens with zero attached hydrogens (tertiary/aromatic N) is 4. The van der Waals surface area contributed by atoms with E-state index in [1.807, 2.05) is 38.1 Å². The fourth-order valence-corrected chi connectivity index (χ4v) is 7.84. The normalized spacial score (nSPS) is 19.2. The number of thiazole rings is 1. The van der Waals surface area contributed by atoms with Gasteiger partial charge in [0, 0.05) is 36.8 Å². The molecule has 194 valence electrons. The van der Waals surface area contributed by atoms with Gasteiger partial charge >= 0.3 is 0 Å². The first-order valence-corrected chi connectivity index (χ1v) is 14.7. The van der Waals surface area contributed by atoms with E-state index < -0.39 is 10.0 Å². The Labute approximate surface area is 222 Å². The number of hydrogen-bond acceptors (Lipinski definition) is 6. The fraction of sp³-hybridized carbons (Fsp3) is 0.462. The van der Waals surface area contributed by atoms with Crippen LogP contribution in [0.5, 0.6) is 0 Å². The van der Waals surface area contributed by atoms with Crippen molar-refractivity contribution in [3.8, 4) is 0 Å². The lowest BCUT2D eigenvalue weighted by Crippen LogP contribution is -2.42. The zero-order chi connectivity index (χ0) is 26.2. The lowest BCUT2D eigenvalue weighted by Gasteiger charge is -2.34. The number of carbonyl (C=O) groups is 1. The molecule has 1 saturated heterocycles. The van der Waals surface area contributed by atoms with Crippen molar-refractivity contribution in [2.75, 3.05) is 45.2 Å². The van der Waals surface area contributed by atoms with Gasteiger partial charge in [-0.1, -0.05) is 36.8 Å². The summed E-state index contributed by atoms with van der Waals surface area (Å²) in [5, 5.41) is 1.23. The van der Waals surface area contributed by atoms with Crippen LogP contribution in [0.4, 0.5) is 5.13 Å². The summed E-state index contributed by atoms with van der Waals surface area (Å²) >= 11 is 7.66. The third-order valence-corrected chi connectivity index (χ3v) is 9.55. The van der Waals surface area contributed by atoms with E-state index in [0.717, 1.165) is 22.2 Å². The predicted octanol–water partition coefficient (Wildman–Crippen LogP) is 5.13. The molecule has 2 atom stereocenters. The molecule has 0 radical (unpaired) electrons. The molecule has 2 unspecified atom stereocenters. The van der Waals surface area contributed by atoms with Gasteiger partial charge in [-0.2, -0.15) is 4.31 Å². The summed E-state index contributed by atoms with van der Waals surface area (Å²) < 4.78 is 29.0. The summed E-state index contributed by atoms with van der Waals surface area (Å²) in [6.45, 7) is 8.26. The average molecular weight is 549 g/mol. The zero-order valence-corrected chi connectivity index (χ0v) is 23.8. The molecule has 3 aromatic rings. The van der Waals surface area contributed by atoms with Crippen molar-refractivity contribution >= 4 is 54.2 Å². The monoisotopic (exact) mass is 548 g/mol.